The lowest BCUT2D eigenvalue weighted by Gasteiger charge is -1.90. The van der Waals surface area contributed by atoms with E-state index in [0.29, 0.717) is 0 Å². The molecule has 1 amide bonds. The van der Waals surface area contributed by atoms with Crippen molar-refractivity contribution in [3.8, 4) is 0 Å². The van der Waals surface area contributed by atoms with Gasteiger partial charge in [0.25, 0.3) is 6.08 Å². The van der Waals surface area contributed by atoms with Crippen molar-refractivity contribution in [2.75, 3.05) is 0 Å². The minimum Gasteiger partial charge on any atom is -0.328 e. The Balaban J connectivity index is 3.79. The number of carbonyl (C=O) groups is 1. The lowest BCUT2D eigenvalue weighted by Crippen LogP contribution is -2.07. The van der Waals surface area contributed by atoms with Crippen LogP contribution in [0.25, 0.3) is 0 Å². The van der Waals surface area contributed by atoms with E-state index in [-0.39, 0.29) is 6.41 Å². The van der Waals surface area contributed by atoms with Gasteiger partial charge in [0.05, 0.1) is 5.70 Å². The molecule has 0 heterocycles. The molecular formula is C4H5F2NO. The quantitative estimate of drug-likeness (QED) is 0.539. The third-order valence-corrected chi connectivity index (χ3v) is 0.559. The maximum atomic E-state index is 11.3. The minimum absolute atomic E-state index is 0.203. The minimum atomic E-state index is -1.86. The number of hydrogen-bond donors (Lipinski definition) is 1. The zero-order chi connectivity index (χ0) is 6.57. The average Bonchev–Trinajstić information content (AvgIpc) is 1.67. The first kappa shape index (κ1) is 7.07. The molecule has 0 aliphatic rings. The molecule has 0 spiro atoms. The van der Waals surface area contributed by atoms with Crippen LogP contribution in [0.2, 0.25) is 0 Å². The van der Waals surface area contributed by atoms with E-state index in [1.807, 2.05) is 0 Å². The van der Waals surface area contributed by atoms with Gasteiger partial charge >= 0.3 is 0 Å². The van der Waals surface area contributed by atoms with E-state index in [2.05, 4.69) is 0 Å². The fourth-order valence-corrected chi connectivity index (χ4v) is 0.143. The molecule has 1 N–H and O–H groups in total. The fourth-order valence-electron chi connectivity index (χ4n) is 0.143. The van der Waals surface area contributed by atoms with Gasteiger partial charge in [0.2, 0.25) is 6.41 Å². The maximum Gasteiger partial charge on any atom is 0.289 e. The van der Waals surface area contributed by atoms with Crippen molar-refractivity contribution >= 4 is 6.41 Å². The van der Waals surface area contributed by atoms with Gasteiger partial charge in [0, 0.05) is 0 Å². The Hall–Kier alpha value is -0.930. The van der Waals surface area contributed by atoms with Gasteiger partial charge in [-0.05, 0) is 6.92 Å². The van der Waals surface area contributed by atoms with Gasteiger partial charge in [-0.25, -0.2) is 0 Å². The molecule has 0 saturated carbocycles. The van der Waals surface area contributed by atoms with Gasteiger partial charge in [-0.3, -0.25) is 4.79 Å². The highest BCUT2D eigenvalue weighted by Gasteiger charge is 1.94. The average molecular weight is 121 g/mol. The van der Waals surface area contributed by atoms with Crippen molar-refractivity contribution in [2.45, 2.75) is 6.92 Å². The van der Waals surface area contributed by atoms with Crippen LogP contribution in [-0.2, 0) is 4.79 Å². The molecule has 0 aromatic carbocycles. The first-order chi connectivity index (χ1) is 3.68. The van der Waals surface area contributed by atoms with Crippen LogP contribution < -0.4 is 5.32 Å². The van der Waals surface area contributed by atoms with Crippen molar-refractivity contribution in [3.63, 3.8) is 0 Å². The number of amides is 1. The Morgan fingerprint density at radius 1 is 1.62 bits per heavy atom. The van der Waals surface area contributed by atoms with Crippen LogP contribution in [-0.4, -0.2) is 6.41 Å². The summed E-state index contributed by atoms with van der Waals surface area (Å²) in [6.07, 6.45) is -1.66. The molecule has 0 fully saturated rings. The number of halogens is 2. The molecule has 0 bridgehead atoms. The standard InChI is InChI=1S/C4H5F2NO/c1-3(4(5)6)7-2-8/h2H,1H3,(H,7,8). The van der Waals surface area contributed by atoms with Gasteiger partial charge in [-0.1, -0.05) is 0 Å². The topological polar surface area (TPSA) is 29.1 Å². The van der Waals surface area contributed by atoms with E-state index in [9.17, 15) is 13.6 Å². The number of carbonyl (C=O) groups excluding carboxylic acids is 1. The maximum absolute atomic E-state index is 11.3. The second kappa shape index (κ2) is 3.12. The lowest BCUT2D eigenvalue weighted by atomic mass is 10.6. The van der Waals surface area contributed by atoms with Gasteiger partial charge in [0.1, 0.15) is 0 Å². The molecule has 0 aromatic heterocycles. The van der Waals surface area contributed by atoms with E-state index in [1.165, 1.54) is 0 Å². The lowest BCUT2D eigenvalue weighted by molar-refractivity contribution is -0.109. The van der Waals surface area contributed by atoms with Crippen molar-refractivity contribution in [3.05, 3.63) is 11.8 Å². The van der Waals surface area contributed by atoms with Crippen molar-refractivity contribution in [2.24, 2.45) is 0 Å². The summed E-state index contributed by atoms with van der Waals surface area (Å²) in [4.78, 5) is 9.44. The van der Waals surface area contributed by atoms with Gasteiger partial charge < -0.3 is 5.32 Å². The summed E-state index contributed by atoms with van der Waals surface area (Å²) < 4.78 is 22.5. The van der Waals surface area contributed by atoms with Crippen LogP contribution in [0.3, 0.4) is 0 Å². The summed E-state index contributed by atoms with van der Waals surface area (Å²) >= 11 is 0. The fraction of sp³-hybridized carbons (Fsp3) is 0.250. The highest BCUT2D eigenvalue weighted by molar-refractivity contribution is 5.49. The number of nitrogens with one attached hydrogen (secondary N) is 1. The molecule has 0 aliphatic heterocycles. The zero-order valence-electron chi connectivity index (χ0n) is 4.24. The largest absolute Gasteiger partial charge is 0.328 e. The van der Waals surface area contributed by atoms with Crippen LogP contribution in [0.5, 0.6) is 0 Å². The summed E-state index contributed by atoms with van der Waals surface area (Å²) in [5.74, 6) is 0. The van der Waals surface area contributed by atoms with E-state index < -0.39 is 11.8 Å². The Kier molecular flexibility index (Phi) is 2.76. The first-order valence-corrected chi connectivity index (χ1v) is 1.90. The zero-order valence-corrected chi connectivity index (χ0v) is 4.24. The van der Waals surface area contributed by atoms with E-state index >= 15 is 0 Å². The molecule has 0 aromatic rings. The SMILES string of the molecule is CC(NC=O)=C(F)F. The third-order valence-electron chi connectivity index (χ3n) is 0.559. The molecule has 46 valence electrons. The van der Waals surface area contributed by atoms with Crippen molar-refractivity contribution < 1.29 is 13.6 Å². The monoisotopic (exact) mass is 121 g/mol. The van der Waals surface area contributed by atoms with Crippen LogP contribution in [0, 0.1) is 0 Å². The van der Waals surface area contributed by atoms with Crippen molar-refractivity contribution in [1.29, 1.82) is 0 Å². The third kappa shape index (κ3) is 2.28. The van der Waals surface area contributed by atoms with Gasteiger partial charge in [-0.2, -0.15) is 8.78 Å². The molecule has 0 atom stereocenters. The van der Waals surface area contributed by atoms with Gasteiger partial charge in [0.15, 0.2) is 0 Å². The Bertz CT molecular complexity index is 117. The molecule has 0 rings (SSSR count). The normalized spacial score (nSPS) is 7.88. The van der Waals surface area contributed by atoms with Crippen LogP contribution in [0.4, 0.5) is 8.78 Å². The first-order valence-electron chi connectivity index (χ1n) is 1.90. The summed E-state index contributed by atoms with van der Waals surface area (Å²) in [6.45, 7) is 1.11. The molecule has 0 aliphatic carbocycles. The molecule has 4 heteroatoms. The summed E-state index contributed by atoms with van der Waals surface area (Å²) in [5.41, 5.74) is -0.403. The smallest absolute Gasteiger partial charge is 0.289 e. The molecule has 8 heavy (non-hydrogen) atoms. The second-order valence-electron chi connectivity index (χ2n) is 1.15. The molecular weight excluding hydrogens is 116 g/mol. The van der Waals surface area contributed by atoms with Crippen LogP contribution in [0.1, 0.15) is 6.92 Å². The molecule has 0 saturated heterocycles. The number of hydrogen-bond acceptors (Lipinski definition) is 1. The second-order valence-corrected chi connectivity index (χ2v) is 1.15. The Morgan fingerprint density at radius 2 is 2.12 bits per heavy atom. The summed E-state index contributed by atoms with van der Waals surface area (Å²) in [7, 11) is 0. The summed E-state index contributed by atoms with van der Waals surface area (Å²) in [5, 5.41) is 1.79. The Morgan fingerprint density at radius 3 is 2.25 bits per heavy atom. The predicted molar refractivity (Wildman–Crippen MR) is 24.1 cm³/mol. The number of rotatable bonds is 2. The number of allylic oxidation sites excluding steroid dienone is 1. The molecule has 0 unspecified atom stereocenters. The van der Waals surface area contributed by atoms with E-state index in [4.69, 9.17) is 0 Å². The van der Waals surface area contributed by atoms with E-state index in [1.54, 1.807) is 5.32 Å². The summed E-state index contributed by atoms with van der Waals surface area (Å²) in [6, 6.07) is 0. The highest BCUT2D eigenvalue weighted by atomic mass is 19.3. The Labute approximate surface area is 45.2 Å². The highest BCUT2D eigenvalue weighted by Crippen LogP contribution is 2.00. The van der Waals surface area contributed by atoms with Gasteiger partial charge in [-0.15, -0.1) is 0 Å². The predicted octanol–water partition coefficient (Wildman–Crippen LogP) is 0.860. The molecule has 2 nitrogen and oxygen atoms in total. The molecule has 0 radical (unpaired) electrons. The van der Waals surface area contributed by atoms with E-state index in [0.717, 1.165) is 6.92 Å². The van der Waals surface area contributed by atoms with Crippen molar-refractivity contribution in [1.82, 2.24) is 5.32 Å². The van der Waals surface area contributed by atoms with Crippen LogP contribution in [0.15, 0.2) is 11.8 Å². The van der Waals surface area contributed by atoms with Crippen LogP contribution >= 0.6 is 0 Å².